The van der Waals surface area contributed by atoms with E-state index in [2.05, 4.69) is 5.32 Å². The molecule has 5 rings (SSSR count). The Balaban J connectivity index is 1.48. The first-order chi connectivity index (χ1) is 24.2. The van der Waals surface area contributed by atoms with E-state index in [0.717, 1.165) is 18.2 Å². The summed E-state index contributed by atoms with van der Waals surface area (Å²) in [4.78, 5) is 51.0. The maximum absolute atomic E-state index is 13.8. The van der Waals surface area contributed by atoms with Crippen molar-refractivity contribution in [3.63, 3.8) is 0 Å². The number of amides is 2. The van der Waals surface area contributed by atoms with Gasteiger partial charge < -0.3 is 14.8 Å². The zero-order valence-electron chi connectivity index (χ0n) is 27.3. The van der Waals surface area contributed by atoms with E-state index in [0.29, 0.717) is 49.8 Å². The third-order valence-electron chi connectivity index (χ3n) is 8.08. The Bertz CT molecular complexity index is 2270. The smallest absolute Gasteiger partial charge is 0.289 e. The second kappa shape index (κ2) is 15.2. The highest BCUT2D eigenvalue weighted by molar-refractivity contribution is 7.90. The van der Waals surface area contributed by atoms with E-state index in [4.69, 9.17) is 32.7 Å². The van der Waals surface area contributed by atoms with Crippen LogP contribution in [-0.2, 0) is 32.5 Å². The number of carbonyl (C=O) groups is 3. The Morgan fingerprint density at radius 1 is 0.902 bits per heavy atom. The number of nitrogens with one attached hydrogen (secondary N) is 2. The van der Waals surface area contributed by atoms with E-state index < -0.39 is 43.4 Å². The van der Waals surface area contributed by atoms with Gasteiger partial charge in [-0.15, -0.1) is 0 Å². The van der Waals surface area contributed by atoms with Gasteiger partial charge in [-0.1, -0.05) is 35.3 Å². The summed E-state index contributed by atoms with van der Waals surface area (Å²) in [6.45, 7) is 1.68. The van der Waals surface area contributed by atoms with Crippen molar-refractivity contribution < 1.29 is 37.2 Å². The zero-order valence-corrected chi connectivity index (χ0v) is 29.6. The minimum Gasteiger partial charge on any atom is -0.497 e. The predicted molar refractivity (Wildman–Crippen MR) is 190 cm³/mol. The van der Waals surface area contributed by atoms with Crippen molar-refractivity contribution in [2.75, 3.05) is 14.2 Å². The second-order valence-electron chi connectivity index (χ2n) is 11.3. The van der Waals surface area contributed by atoms with Crippen LogP contribution >= 0.6 is 23.2 Å². The van der Waals surface area contributed by atoms with Crippen LogP contribution in [-0.4, -0.2) is 55.9 Å². The van der Waals surface area contributed by atoms with Crippen molar-refractivity contribution in [2.45, 2.75) is 30.7 Å². The highest BCUT2D eigenvalue weighted by atomic mass is 35.5. The van der Waals surface area contributed by atoms with Gasteiger partial charge in [0, 0.05) is 34.2 Å². The van der Waals surface area contributed by atoms with Crippen LogP contribution in [0.15, 0.2) is 89.8 Å². The molecule has 1 atom stereocenters. The maximum atomic E-state index is 13.8. The van der Waals surface area contributed by atoms with Gasteiger partial charge in [-0.25, -0.2) is 13.1 Å². The number of sulfonamides is 1. The highest BCUT2D eigenvalue weighted by Gasteiger charge is 2.29. The molecule has 264 valence electrons. The van der Waals surface area contributed by atoms with Crippen molar-refractivity contribution in [3.8, 4) is 11.5 Å². The van der Waals surface area contributed by atoms with Crippen molar-refractivity contribution in [3.05, 3.63) is 127 Å². The summed E-state index contributed by atoms with van der Waals surface area (Å²) in [7, 11) is -1.69. The normalized spacial score (nSPS) is 11.9. The first-order valence-corrected chi connectivity index (χ1v) is 17.4. The minimum atomic E-state index is -4.65. The lowest BCUT2D eigenvalue weighted by atomic mass is 10.0. The summed E-state index contributed by atoms with van der Waals surface area (Å²) in [5.41, 5.74) is 1.67. The van der Waals surface area contributed by atoms with Crippen LogP contribution in [0.3, 0.4) is 0 Å². The monoisotopic (exact) mass is 752 g/mol. The molecule has 0 spiro atoms. The Labute approximate surface area is 302 Å². The average Bonchev–Trinajstić information content (AvgIpc) is 3.37. The fourth-order valence-electron chi connectivity index (χ4n) is 5.47. The number of rotatable bonds is 12. The standard InChI is InChI=1S/C35H30Cl2N4O9S/c1-20-27(28-17-25(50-3)12-15-31(28)40(20)35(44)22-6-8-23(36)9-7-22)19-33(42)38-30(16-21-4-10-24(49-2)11-5-21)34(43)39-51(47,48)26-13-14-29(37)32(18-26)41(45)46/h4-15,17-18,30H,16,19H2,1-3H3,(H,38,42)(H,39,43)/t30-/m0/s1. The molecule has 0 radical (unpaired) electrons. The zero-order chi connectivity index (χ0) is 37.0. The Morgan fingerprint density at radius 3 is 2.18 bits per heavy atom. The van der Waals surface area contributed by atoms with Crippen molar-refractivity contribution in [1.29, 1.82) is 0 Å². The first-order valence-electron chi connectivity index (χ1n) is 15.1. The summed E-state index contributed by atoms with van der Waals surface area (Å²) in [6.07, 6.45) is -0.444. The van der Waals surface area contributed by atoms with Gasteiger partial charge in [-0.05, 0) is 84.8 Å². The molecule has 4 aromatic carbocycles. The van der Waals surface area contributed by atoms with Gasteiger partial charge in [0.05, 0.1) is 36.0 Å². The van der Waals surface area contributed by atoms with E-state index in [1.165, 1.54) is 18.8 Å². The van der Waals surface area contributed by atoms with Gasteiger partial charge in [0.1, 0.15) is 22.6 Å². The van der Waals surface area contributed by atoms with Crippen molar-refractivity contribution in [1.82, 2.24) is 14.6 Å². The molecular formula is C35H30Cl2N4O9S. The van der Waals surface area contributed by atoms with Gasteiger partial charge in [-0.3, -0.25) is 29.1 Å². The van der Waals surface area contributed by atoms with Crippen LogP contribution in [0, 0.1) is 17.0 Å². The average molecular weight is 754 g/mol. The molecule has 0 aliphatic heterocycles. The largest absolute Gasteiger partial charge is 0.497 e. The molecule has 0 aliphatic carbocycles. The molecule has 2 N–H and O–H groups in total. The topological polar surface area (TPSA) is 176 Å². The molecule has 1 heterocycles. The number of hydrogen-bond acceptors (Lipinski definition) is 9. The second-order valence-corrected chi connectivity index (χ2v) is 13.8. The third-order valence-corrected chi connectivity index (χ3v) is 10.00. The summed E-state index contributed by atoms with van der Waals surface area (Å²) >= 11 is 11.9. The number of aromatic nitrogens is 1. The Morgan fingerprint density at radius 2 is 1.55 bits per heavy atom. The number of carbonyl (C=O) groups excluding carboxylic acids is 3. The molecule has 2 amide bonds. The number of nitro groups is 1. The van der Waals surface area contributed by atoms with Crippen LogP contribution in [0.5, 0.6) is 11.5 Å². The highest BCUT2D eigenvalue weighted by Crippen LogP contribution is 2.31. The fraction of sp³-hybridized carbons (Fsp3) is 0.171. The van der Waals surface area contributed by atoms with Crippen molar-refractivity contribution in [2.24, 2.45) is 0 Å². The molecule has 0 bridgehead atoms. The number of benzene rings is 4. The Kier molecular flexibility index (Phi) is 11.0. The summed E-state index contributed by atoms with van der Waals surface area (Å²) in [6, 6.07) is 19.3. The lowest BCUT2D eigenvalue weighted by molar-refractivity contribution is -0.384. The van der Waals surface area contributed by atoms with Crippen LogP contribution in [0.2, 0.25) is 10.0 Å². The number of nitrogens with zero attached hydrogens (tertiary/aromatic N) is 2. The molecule has 0 fully saturated rings. The lowest BCUT2D eigenvalue weighted by Gasteiger charge is -2.19. The number of halogens is 2. The van der Waals surface area contributed by atoms with E-state index in [-0.39, 0.29) is 23.8 Å². The third kappa shape index (κ3) is 8.14. The van der Waals surface area contributed by atoms with Gasteiger partial charge >= 0.3 is 0 Å². The van der Waals surface area contributed by atoms with E-state index >= 15 is 0 Å². The maximum Gasteiger partial charge on any atom is 0.289 e. The summed E-state index contributed by atoms with van der Waals surface area (Å²) < 4.78 is 40.4. The van der Waals surface area contributed by atoms with Gasteiger partial charge in [0.15, 0.2) is 0 Å². The van der Waals surface area contributed by atoms with Gasteiger partial charge in [0.2, 0.25) is 5.91 Å². The molecule has 0 aliphatic rings. The quantitative estimate of drug-likeness (QED) is 0.121. The van der Waals surface area contributed by atoms with E-state index in [1.807, 2.05) is 4.72 Å². The van der Waals surface area contributed by atoms with Gasteiger partial charge in [0.25, 0.3) is 27.5 Å². The number of ether oxygens (including phenoxy) is 2. The molecule has 0 saturated heterocycles. The van der Waals surface area contributed by atoms with Crippen LogP contribution in [0.25, 0.3) is 10.9 Å². The molecule has 5 aromatic rings. The summed E-state index contributed by atoms with van der Waals surface area (Å²) in [5, 5.41) is 14.7. The van der Waals surface area contributed by atoms with Crippen LogP contribution in [0.1, 0.15) is 27.2 Å². The molecule has 0 saturated carbocycles. The molecule has 51 heavy (non-hydrogen) atoms. The fourth-order valence-corrected chi connectivity index (χ4v) is 6.82. The molecular weight excluding hydrogens is 723 g/mol. The molecule has 16 heteroatoms. The number of hydrogen-bond donors (Lipinski definition) is 2. The minimum absolute atomic E-state index is 0.137. The lowest BCUT2D eigenvalue weighted by Crippen LogP contribution is -2.50. The molecule has 1 aromatic heterocycles. The Hall–Kier alpha value is -5.44. The number of methoxy groups -OCH3 is 2. The number of nitro benzene ring substituents is 1. The van der Waals surface area contributed by atoms with Crippen molar-refractivity contribution >= 4 is 67.5 Å². The number of fused-ring (bicyclic) bond motifs is 1. The van der Waals surface area contributed by atoms with Gasteiger partial charge in [-0.2, -0.15) is 0 Å². The summed E-state index contributed by atoms with van der Waals surface area (Å²) in [5.74, 6) is -1.12. The molecule has 0 unspecified atom stereocenters. The predicted octanol–water partition coefficient (Wildman–Crippen LogP) is 5.65. The SMILES string of the molecule is COc1ccc(C[C@H](NC(=O)Cc2c(C)n(C(=O)c3ccc(Cl)cc3)c3ccc(OC)cc23)C(=O)NS(=O)(=O)c2ccc(Cl)c([N+](=O)[O-])c2)cc1. The van der Waals surface area contributed by atoms with E-state index in [1.54, 1.807) is 73.7 Å². The first kappa shape index (κ1) is 36.8. The van der Waals surface area contributed by atoms with Crippen LogP contribution < -0.4 is 19.5 Å². The molecule has 13 nitrogen and oxygen atoms in total. The van der Waals surface area contributed by atoms with Crippen LogP contribution in [0.4, 0.5) is 5.69 Å². The van der Waals surface area contributed by atoms with E-state index in [9.17, 15) is 32.9 Å².